The summed E-state index contributed by atoms with van der Waals surface area (Å²) < 4.78 is 27.9. The van der Waals surface area contributed by atoms with Crippen molar-refractivity contribution in [2.75, 3.05) is 36.8 Å². The van der Waals surface area contributed by atoms with Crippen LogP contribution in [0.5, 0.6) is 5.75 Å². The van der Waals surface area contributed by atoms with Gasteiger partial charge in [0.15, 0.2) is 18.3 Å². The Morgan fingerprint density at radius 1 is 1.29 bits per heavy atom. The summed E-state index contributed by atoms with van der Waals surface area (Å²) in [5, 5.41) is 13.7. The topological polar surface area (TPSA) is 113 Å². The Morgan fingerprint density at radius 2 is 2.06 bits per heavy atom. The molecule has 3 aromatic rings. The number of hydrogen-bond donors (Lipinski definition) is 2. The van der Waals surface area contributed by atoms with Crippen molar-refractivity contribution in [3.05, 3.63) is 69.8 Å². The summed E-state index contributed by atoms with van der Waals surface area (Å²) in [5.74, 6) is -1.92. The van der Waals surface area contributed by atoms with Gasteiger partial charge in [0.2, 0.25) is 5.43 Å². The van der Waals surface area contributed by atoms with Crippen molar-refractivity contribution < 1.29 is 28.6 Å². The van der Waals surface area contributed by atoms with E-state index in [0.717, 1.165) is 11.6 Å². The van der Waals surface area contributed by atoms with E-state index in [2.05, 4.69) is 5.32 Å². The van der Waals surface area contributed by atoms with Crippen molar-refractivity contribution in [2.45, 2.75) is 19.1 Å². The van der Waals surface area contributed by atoms with Crippen molar-refractivity contribution in [2.24, 2.45) is 0 Å². The van der Waals surface area contributed by atoms with Gasteiger partial charge in [0.05, 0.1) is 11.4 Å². The molecule has 2 aromatic carbocycles. The highest BCUT2D eigenvalue weighted by atomic mass is 19.1. The number of anilines is 1. The van der Waals surface area contributed by atoms with E-state index < -0.39 is 28.9 Å². The number of carbonyl (C=O) groups excluding carboxylic acids is 1. The van der Waals surface area contributed by atoms with E-state index in [0.29, 0.717) is 25.0 Å². The summed E-state index contributed by atoms with van der Waals surface area (Å²) >= 11 is 0. The fourth-order valence-electron chi connectivity index (χ4n) is 4.48. The molecule has 35 heavy (non-hydrogen) atoms. The average Bonchev–Trinajstić information content (AvgIpc) is 3.29. The molecule has 3 heterocycles. The Balaban J connectivity index is 1.39. The quantitative estimate of drug-likeness (QED) is 0.570. The molecule has 1 aromatic heterocycles. The van der Waals surface area contributed by atoms with E-state index in [9.17, 15) is 19.5 Å². The van der Waals surface area contributed by atoms with E-state index >= 15 is 4.39 Å². The van der Waals surface area contributed by atoms with E-state index in [4.69, 9.17) is 9.47 Å². The van der Waals surface area contributed by atoms with Crippen LogP contribution in [0.3, 0.4) is 0 Å². The number of rotatable bonds is 5. The number of ether oxygens (including phenoxy) is 2. The molecule has 1 atom stereocenters. The van der Waals surface area contributed by atoms with Gasteiger partial charge in [-0.3, -0.25) is 14.5 Å². The lowest BCUT2D eigenvalue weighted by Gasteiger charge is -2.33. The van der Waals surface area contributed by atoms with Crippen LogP contribution in [-0.2, 0) is 11.3 Å². The Hall–Kier alpha value is -4.28. The summed E-state index contributed by atoms with van der Waals surface area (Å²) in [7, 11) is 1.67. The molecule has 0 radical (unpaired) electrons. The van der Waals surface area contributed by atoms with Crippen LogP contribution in [0, 0.1) is 5.82 Å². The number of hydrogen-bond acceptors (Lipinski definition) is 7. The monoisotopic (exact) mass is 482 g/mol. The van der Waals surface area contributed by atoms with Gasteiger partial charge < -0.3 is 24.8 Å². The SMILES string of the molecule is CN1COc2c(N3CCC(NC(=O)OCc4ccccc4)C3)c(F)cc3c(=O)c(C(=O)O)cn1c23. The van der Waals surface area contributed by atoms with Gasteiger partial charge >= 0.3 is 12.1 Å². The molecule has 2 aliphatic rings. The average molecular weight is 482 g/mol. The molecule has 1 saturated heterocycles. The number of aromatic nitrogens is 1. The minimum absolute atomic E-state index is 0.0296. The molecule has 0 bridgehead atoms. The molecule has 1 amide bonds. The van der Waals surface area contributed by atoms with Crippen molar-refractivity contribution >= 4 is 28.7 Å². The summed E-state index contributed by atoms with van der Waals surface area (Å²) in [6.45, 7) is 0.924. The van der Waals surface area contributed by atoms with Crippen LogP contribution < -0.4 is 25.4 Å². The number of carbonyl (C=O) groups is 2. The lowest BCUT2D eigenvalue weighted by molar-refractivity contribution is 0.0694. The highest BCUT2D eigenvalue weighted by Gasteiger charge is 2.33. The largest absolute Gasteiger partial charge is 0.477 e. The smallest absolute Gasteiger partial charge is 0.407 e. The van der Waals surface area contributed by atoms with Crippen molar-refractivity contribution in [3.63, 3.8) is 0 Å². The van der Waals surface area contributed by atoms with Crippen LogP contribution in [0.1, 0.15) is 22.3 Å². The third-order valence-electron chi connectivity index (χ3n) is 6.19. The fourth-order valence-corrected chi connectivity index (χ4v) is 4.48. The molecule has 0 spiro atoms. The van der Waals surface area contributed by atoms with Gasteiger partial charge in [-0.2, -0.15) is 0 Å². The molecule has 5 rings (SSSR count). The molecule has 0 aliphatic carbocycles. The van der Waals surface area contributed by atoms with E-state index in [1.165, 1.54) is 10.9 Å². The second kappa shape index (κ2) is 8.82. The van der Waals surface area contributed by atoms with Crippen LogP contribution in [0.2, 0.25) is 0 Å². The summed E-state index contributed by atoms with van der Waals surface area (Å²) in [6, 6.07) is 10.1. The lowest BCUT2D eigenvalue weighted by Crippen LogP contribution is -2.40. The molecule has 11 heteroatoms. The number of aromatic carboxylic acids is 1. The number of carboxylic acid groups (broad SMARTS) is 1. The van der Waals surface area contributed by atoms with E-state index in [-0.39, 0.29) is 36.2 Å². The standard InChI is InChI=1S/C24H23FN4O6/c1-27-13-35-22-19-16(21(30)17(23(31)32)11-29(19)27)9-18(25)20(22)28-8-7-15(10-28)26-24(33)34-12-14-5-3-2-4-6-14/h2-6,9,11,15H,7-8,10,12-13H2,1H3,(H,26,33)(H,31,32). The Labute approximate surface area is 199 Å². The number of halogens is 1. The minimum atomic E-state index is -1.39. The van der Waals surface area contributed by atoms with Gasteiger partial charge in [-0.1, -0.05) is 30.3 Å². The first-order valence-electron chi connectivity index (χ1n) is 11.0. The number of alkyl carbamates (subject to hydrolysis) is 1. The highest BCUT2D eigenvalue weighted by Crippen LogP contribution is 2.41. The van der Waals surface area contributed by atoms with Gasteiger partial charge in [-0.05, 0) is 18.1 Å². The third-order valence-corrected chi connectivity index (χ3v) is 6.19. The predicted molar refractivity (Wildman–Crippen MR) is 125 cm³/mol. The van der Waals surface area contributed by atoms with Crippen molar-refractivity contribution in [3.8, 4) is 5.75 Å². The van der Waals surface area contributed by atoms with Crippen molar-refractivity contribution in [1.82, 2.24) is 9.99 Å². The lowest BCUT2D eigenvalue weighted by atomic mass is 10.1. The number of nitrogens with one attached hydrogen (secondary N) is 1. The Morgan fingerprint density at radius 3 is 2.80 bits per heavy atom. The third kappa shape index (κ3) is 4.09. The van der Waals surface area contributed by atoms with Gasteiger partial charge in [0.1, 0.15) is 23.4 Å². The van der Waals surface area contributed by atoms with Gasteiger partial charge in [-0.15, -0.1) is 0 Å². The number of nitrogens with zero attached hydrogens (tertiary/aromatic N) is 3. The molecule has 1 unspecified atom stereocenters. The maximum absolute atomic E-state index is 15.3. The number of benzene rings is 2. The van der Waals surface area contributed by atoms with Gasteiger partial charge in [0, 0.05) is 26.3 Å². The maximum atomic E-state index is 15.3. The van der Waals surface area contributed by atoms with Crippen LogP contribution in [0.4, 0.5) is 14.9 Å². The molecule has 2 N–H and O–H groups in total. The van der Waals surface area contributed by atoms with Crippen LogP contribution in [-0.4, -0.2) is 54.8 Å². The van der Waals surface area contributed by atoms with Crippen LogP contribution >= 0.6 is 0 Å². The first kappa shape index (κ1) is 22.5. The zero-order chi connectivity index (χ0) is 24.7. The summed E-state index contributed by atoms with van der Waals surface area (Å²) in [6.07, 6.45) is 1.22. The molecule has 2 aliphatic heterocycles. The van der Waals surface area contributed by atoms with Crippen LogP contribution in [0.25, 0.3) is 10.9 Å². The van der Waals surface area contributed by atoms with Gasteiger partial charge in [0.25, 0.3) is 0 Å². The summed E-state index contributed by atoms with van der Waals surface area (Å²) in [5.41, 5.74) is 0.0973. The Bertz CT molecular complexity index is 1380. The normalized spacial score (nSPS) is 16.8. The van der Waals surface area contributed by atoms with Crippen molar-refractivity contribution in [1.29, 1.82) is 0 Å². The van der Waals surface area contributed by atoms with E-state index in [1.54, 1.807) is 17.0 Å². The van der Waals surface area contributed by atoms with Gasteiger partial charge in [-0.25, -0.2) is 14.0 Å². The Kier molecular flexibility index (Phi) is 5.67. The second-order valence-corrected chi connectivity index (χ2v) is 8.52. The number of pyridine rings is 1. The maximum Gasteiger partial charge on any atom is 0.407 e. The molecule has 0 saturated carbocycles. The minimum Gasteiger partial charge on any atom is -0.477 e. The molecule has 1 fully saturated rings. The number of carboxylic acids is 1. The predicted octanol–water partition coefficient (Wildman–Crippen LogP) is 2.26. The summed E-state index contributed by atoms with van der Waals surface area (Å²) in [4.78, 5) is 38.3. The first-order valence-corrected chi connectivity index (χ1v) is 11.0. The molecule has 10 nitrogen and oxygen atoms in total. The zero-order valence-electron chi connectivity index (χ0n) is 18.9. The number of amides is 1. The molecular formula is C24H23FN4O6. The second-order valence-electron chi connectivity index (χ2n) is 8.52. The zero-order valence-corrected chi connectivity index (χ0v) is 18.9. The fraction of sp³-hybridized carbons (Fsp3) is 0.292. The first-order chi connectivity index (χ1) is 16.8. The van der Waals surface area contributed by atoms with E-state index in [1.807, 2.05) is 30.3 Å². The molecular weight excluding hydrogens is 459 g/mol. The van der Waals surface area contributed by atoms with Crippen LogP contribution in [0.15, 0.2) is 47.4 Å². The highest BCUT2D eigenvalue weighted by molar-refractivity contribution is 5.97. The molecule has 182 valence electrons.